The lowest BCUT2D eigenvalue weighted by atomic mass is 9.94. The zero-order chi connectivity index (χ0) is 12.1. The van der Waals surface area contributed by atoms with E-state index in [0.29, 0.717) is 0 Å². The van der Waals surface area contributed by atoms with Crippen molar-refractivity contribution in [3.8, 4) is 0 Å². The maximum absolute atomic E-state index is 11.3. The van der Waals surface area contributed by atoms with Crippen LogP contribution < -0.4 is 10.6 Å². The van der Waals surface area contributed by atoms with Crippen LogP contribution in [-0.2, 0) is 4.79 Å². The first-order valence-corrected chi connectivity index (χ1v) is 5.07. The number of carboxylic acid groups (broad SMARTS) is 1. The molecule has 1 atom stereocenters. The lowest BCUT2D eigenvalue weighted by Gasteiger charge is -2.20. The lowest BCUT2D eigenvalue weighted by molar-refractivity contribution is -0.146. The van der Waals surface area contributed by atoms with Gasteiger partial charge in [-0.15, -0.1) is 0 Å². The van der Waals surface area contributed by atoms with Gasteiger partial charge in [0.05, 0.1) is 5.41 Å². The summed E-state index contributed by atoms with van der Waals surface area (Å²) in [5.41, 5.74) is -0.938. The molecule has 0 aliphatic heterocycles. The molecule has 88 valence electrons. The summed E-state index contributed by atoms with van der Waals surface area (Å²) < 4.78 is 0. The van der Waals surface area contributed by atoms with E-state index in [-0.39, 0.29) is 18.6 Å². The number of nitrogens with one attached hydrogen (secondary N) is 2. The van der Waals surface area contributed by atoms with Crippen molar-refractivity contribution in [2.75, 3.05) is 6.54 Å². The molecule has 5 nitrogen and oxygen atoms in total. The van der Waals surface area contributed by atoms with Gasteiger partial charge < -0.3 is 15.7 Å². The van der Waals surface area contributed by atoms with Gasteiger partial charge in [0, 0.05) is 12.6 Å². The Morgan fingerprint density at radius 1 is 1.40 bits per heavy atom. The molecule has 0 radical (unpaired) electrons. The van der Waals surface area contributed by atoms with Crippen LogP contribution in [0.1, 0.15) is 34.1 Å². The van der Waals surface area contributed by atoms with E-state index in [0.717, 1.165) is 6.42 Å². The molecule has 5 heteroatoms. The largest absolute Gasteiger partial charge is 0.481 e. The van der Waals surface area contributed by atoms with Gasteiger partial charge in [-0.3, -0.25) is 4.79 Å². The number of carbonyl (C=O) groups is 2. The Labute approximate surface area is 90.2 Å². The number of amides is 2. The van der Waals surface area contributed by atoms with Crippen molar-refractivity contribution in [2.24, 2.45) is 5.41 Å². The van der Waals surface area contributed by atoms with E-state index in [9.17, 15) is 9.59 Å². The van der Waals surface area contributed by atoms with Gasteiger partial charge in [-0.1, -0.05) is 6.92 Å². The second-order valence-electron chi connectivity index (χ2n) is 4.33. The Hall–Kier alpha value is -1.26. The molecule has 0 rings (SSSR count). The van der Waals surface area contributed by atoms with Crippen molar-refractivity contribution in [3.63, 3.8) is 0 Å². The molecule has 0 fully saturated rings. The smallest absolute Gasteiger partial charge is 0.315 e. The fraction of sp³-hybridized carbons (Fsp3) is 0.800. The molecular weight excluding hydrogens is 196 g/mol. The highest BCUT2D eigenvalue weighted by atomic mass is 16.4. The van der Waals surface area contributed by atoms with Gasteiger partial charge in [0.15, 0.2) is 0 Å². The topological polar surface area (TPSA) is 78.4 Å². The third-order valence-electron chi connectivity index (χ3n) is 2.26. The van der Waals surface area contributed by atoms with Gasteiger partial charge >= 0.3 is 12.0 Å². The number of aliphatic carboxylic acids is 1. The van der Waals surface area contributed by atoms with Crippen molar-refractivity contribution in [1.82, 2.24) is 10.6 Å². The standard InChI is InChI=1S/C10H20N2O3/c1-5-7(2)12-9(15)11-6-10(3,4)8(13)14/h7H,5-6H2,1-4H3,(H,13,14)(H2,11,12,15). The molecule has 15 heavy (non-hydrogen) atoms. The van der Waals surface area contributed by atoms with E-state index in [1.807, 2.05) is 13.8 Å². The number of carbonyl (C=O) groups excluding carboxylic acids is 1. The van der Waals surface area contributed by atoms with E-state index >= 15 is 0 Å². The molecule has 0 bridgehead atoms. The van der Waals surface area contributed by atoms with Gasteiger partial charge in [0.2, 0.25) is 0 Å². The van der Waals surface area contributed by atoms with E-state index < -0.39 is 11.4 Å². The van der Waals surface area contributed by atoms with E-state index in [4.69, 9.17) is 5.11 Å². The Bertz CT molecular complexity index is 239. The minimum atomic E-state index is -0.938. The van der Waals surface area contributed by atoms with Crippen LogP contribution in [0.3, 0.4) is 0 Å². The summed E-state index contributed by atoms with van der Waals surface area (Å²) in [4.78, 5) is 22.0. The minimum Gasteiger partial charge on any atom is -0.481 e. The molecule has 3 N–H and O–H groups in total. The van der Waals surface area contributed by atoms with Crippen molar-refractivity contribution in [3.05, 3.63) is 0 Å². The Kier molecular flexibility index (Phi) is 5.11. The quantitative estimate of drug-likeness (QED) is 0.646. The van der Waals surface area contributed by atoms with E-state index in [1.54, 1.807) is 13.8 Å². The molecule has 0 saturated carbocycles. The van der Waals surface area contributed by atoms with Gasteiger partial charge in [0.25, 0.3) is 0 Å². The highest BCUT2D eigenvalue weighted by Gasteiger charge is 2.27. The molecule has 0 aromatic carbocycles. The summed E-state index contributed by atoms with van der Waals surface area (Å²) in [5, 5.41) is 14.0. The van der Waals surface area contributed by atoms with Gasteiger partial charge in [-0.05, 0) is 27.2 Å². The van der Waals surface area contributed by atoms with Crippen LogP contribution in [0.25, 0.3) is 0 Å². The fourth-order valence-corrected chi connectivity index (χ4v) is 0.754. The summed E-state index contributed by atoms with van der Waals surface area (Å²) in [7, 11) is 0. The molecule has 0 aromatic heterocycles. The minimum absolute atomic E-state index is 0.0953. The van der Waals surface area contributed by atoms with Crippen LogP contribution in [0.2, 0.25) is 0 Å². The van der Waals surface area contributed by atoms with Crippen molar-refractivity contribution in [2.45, 2.75) is 40.2 Å². The number of hydrogen-bond donors (Lipinski definition) is 3. The summed E-state index contributed by atoms with van der Waals surface area (Å²) in [6.07, 6.45) is 0.843. The second-order valence-corrected chi connectivity index (χ2v) is 4.33. The first-order valence-electron chi connectivity index (χ1n) is 5.07. The van der Waals surface area contributed by atoms with E-state index in [1.165, 1.54) is 0 Å². The van der Waals surface area contributed by atoms with Gasteiger partial charge in [0.1, 0.15) is 0 Å². The van der Waals surface area contributed by atoms with Crippen molar-refractivity contribution < 1.29 is 14.7 Å². The maximum atomic E-state index is 11.3. The highest BCUT2D eigenvalue weighted by molar-refractivity contribution is 5.77. The zero-order valence-electron chi connectivity index (χ0n) is 9.76. The molecule has 0 spiro atoms. The van der Waals surface area contributed by atoms with Gasteiger partial charge in [-0.25, -0.2) is 4.79 Å². The number of urea groups is 1. The van der Waals surface area contributed by atoms with Crippen LogP contribution in [0, 0.1) is 5.41 Å². The monoisotopic (exact) mass is 216 g/mol. The molecular formula is C10H20N2O3. The molecule has 0 heterocycles. The highest BCUT2D eigenvalue weighted by Crippen LogP contribution is 2.12. The predicted molar refractivity (Wildman–Crippen MR) is 57.7 cm³/mol. The average molecular weight is 216 g/mol. The van der Waals surface area contributed by atoms with Gasteiger partial charge in [-0.2, -0.15) is 0 Å². The Balaban J connectivity index is 3.96. The van der Waals surface area contributed by atoms with Crippen LogP contribution >= 0.6 is 0 Å². The number of carboxylic acids is 1. The summed E-state index contributed by atoms with van der Waals surface area (Å²) in [6.45, 7) is 7.11. The lowest BCUT2D eigenvalue weighted by Crippen LogP contribution is -2.45. The summed E-state index contributed by atoms with van der Waals surface area (Å²) in [6, 6.07) is -0.225. The van der Waals surface area contributed by atoms with E-state index in [2.05, 4.69) is 10.6 Å². The third-order valence-corrected chi connectivity index (χ3v) is 2.26. The molecule has 1 unspecified atom stereocenters. The molecule has 2 amide bonds. The molecule has 0 aliphatic rings. The SMILES string of the molecule is CCC(C)NC(=O)NCC(C)(C)C(=O)O. The van der Waals surface area contributed by atoms with Crippen molar-refractivity contribution >= 4 is 12.0 Å². The van der Waals surface area contributed by atoms with Crippen molar-refractivity contribution in [1.29, 1.82) is 0 Å². The number of rotatable bonds is 5. The Morgan fingerprint density at radius 2 is 1.93 bits per heavy atom. The van der Waals surface area contributed by atoms with Crippen LogP contribution in [-0.4, -0.2) is 29.7 Å². The summed E-state index contributed by atoms with van der Waals surface area (Å²) >= 11 is 0. The molecule has 0 aliphatic carbocycles. The number of hydrogen-bond acceptors (Lipinski definition) is 2. The third kappa shape index (κ3) is 5.24. The van der Waals surface area contributed by atoms with Crippen LogP contribution in [0.5, 0.6) is 0 Å². The zero-order valence-corrected chi connectivity index (χ0v) is 9.76. The second kappa shape index (κ2) is 5.58. The van der Waals surface area contributed by atoms with Crippen LogP contribution in [0.15, 0.2) is 0 Å². The predicted octanol–water partition coefficient (Wildman–Crippen LogP) is 1.19. The average Bonchev–Trinajstić information content (AvgIpc) is 2.14. The normalized spacial score (nSPS) is 13.1. The summed E-state index contributed by atoms with van der Waals surface area (Å²) in [5.74, 6) is -0.925. The fourth-order valence-electron chi connectivity index (χ4n) is 0.754. The first kappa shape index (κ1) is 13.7. The Morgan fingerprint density at radius 3 is 2.33 bits per heavy atom. The molecule has 0 saturated heterocycles. The first-order chi connectivity index (χ1) is 6.79. The molecule has 0 aromatic rings. The van der Waals surface area contributed by atoms with Crippen LogP contribution in [0.4, 0.5) is 4.79 Å². The maximum Gasteiger partial charge on any atom is 0.315 e.